The fourth-order valence-electron chi connectivity index (χ4n) is 2.77. The molecular weight excluding hydrogens is 236 g/mol. The molecule has 3 nitrogen and oxygen atoms in total. The summed E-state index contributed by atoms with van der Waals surface area (Å²) in [7, 11) is 1.96. The normalized spacial score (nSPS) is 20.2. The molecule has 0 bridgehead atoms. The van der Waals surface area contributed by atoms with E-state index < -0.39 is 0 Å². The molecule has 1 N–H and O–H groups in total. The lowest BCUT2D eigenvalue weighted by Gasteiger charge is -2.29. The van der Waals surface area contributed by atoms with Gasteiger partial charge in [0.25, 0.3) is 0 Å². The molecule has 1 aromatic carbocycles. The van der Waals surface area contributed by atoms with E-state index >= 15 is 0 Å². The highest BCUT2D eigenvalue weighted by Gasteiger charge is 2.28. The van der Waals surface area contributed by atoms with Crippen LogP contribution in [-0.2, 0) is 11.2 Å². The Morgan fingerprint density at radius 3 is 2.74 bits per heavy atom. The number of benzene rings is 1. The van der Waals surface area contributed by atoms with Gasteiger partial charge in [0.1, 0.15) is 0 Å². The maximum Gasteiger partial charge on any atom is 0.227 e. The number of nitrogens with zero attached hydrogens (tertiary/aromatic N) is 1. The van der Waals surface area contributed by atoms with E-state index in [0.29, 0.717) is 11.9 Å². The minimum Gasteiger partial charge on any atom is -0.342 e. The maximum absolute atomic E-state index is 12.4. The molecule has 0 saturated carbocycles. The topological polar surface area (TPSA) is 32.3 Å². The molecule has 2 rings (SSSR count). The minimum absolute atomic E-state index is 0.176. The van der Waals surface area contributed by atoms with E-state index in [0.717, 1.165) is 32.4 Å². The van der Waals surface area contributed by atoms with Crippen molar-refractivity contribution in [1.29, 1.82) is 0 Å². The zero-order chi connectivity index (χ0) is 13.7. The summed E-state index contributed by atoms with van der Waals surface area (Å²) in [4.78, 5) is 14.4. The van der Waals surface area contributed by atoms with Crippen LogP contribution in [0.3, 0.4) is 0 Å². The second kappa shape index (κ2) is 6.71. The van der Waals surface area contributed by atoms with Crippen molar-refractivity contribution >= 4 is 5.91 Å². The first kappa shape index (κ1) is 14.1. The van der Waals surface area contributed by atoms with E-state index in [2.05, 4.69) is 36.5 Å². The van der Waals surface area contributed by atoms with E-state index in [1.54, 1.807) is 0 Å². The molecule has 19 heavy (non-hydrogen) atoms. The molecule has 104 valence electrons. The third-order valence-electron chi connectivity index (χ3n) is 4.09. The molecule has 1 aliphatic heterocycles. The highest BCUT2D eigenvalue weighted by molar-refractivity contribution is 5.79. The fraction of sp³-hybridized carbons (Fsp3) is 0.562. The Morgan fingerprint density at radius 1 is 1.42 bits per heavy atom. The SMILES string of the molecule is CCC(Cc1ccccc1)N(C)C(=O)C1CCNC1. The largest absolute Gasteiger partial charge is 0.342 e. The van der Waals surface area contributed by atoms with Crippen molar-refractivity contribution in [2.45, 2.75) is 32.2 Å². The molecule has 0 aromatic heterocycles. The third-order valence-corrected chi connectivity index (χ3v) is 4.09. The molecule has 3 heteroatoms. The summed E-state index contributed by atoms with van der Waals surface area (Å²) in [6, 6.07) is 10.7. The number of hydrogen-bond acceptors (Lipinski definition) is 2. The Balaban J connectivity index is 1.98. The maximum atomic E-state index is 12.4. The van der Waals surface area contributed by atoms with Crippen LogP contribution in [-0.4, -0.2) is 37.0 Å². The quantitative estimate of drug-likeness (QED) is 0.879. The number of carbonyl (C=O) groups is 1. The minimum atomic E-state index is 0.176. The van der Waals surface area contributed by atoms with E-state index in [9.17, 15) is 4.79 Å². The van der Waals surface area contributed by atoms with Crippen LogP contribution in [0.25, 0.3) is 0 Å². The lowest BCUT2D eigenvalue weighted by Crippen LogP contribution is -2.42. The average molecular weight is 260 g/mol. The number of carbonyl (C=O) groups excluding carboxylic acids is 1. The molecule has 1 amide bonds. The van der Waals surface area contributed by atoms with Crippen LogP contribution >= 0.6 is 0 Å². The zero-order valence-corrected chi connectivity index (χ0v) is 11.9. The van der Waals surface area contributed by atoms with Crippen LogP contribution < -0.4 is 5.32 Å². The second-order valence-corrected chi connectivity index (χ2v) is 5.39. The lowest BCUT2D eigenvalue weighted by molar-refractivity contribution is -0.135. The smallest absolute Gasteiger partial charge is 0.227 e. The van der Waals surface area contributed by atoms with Crippen molar-refractivity contribution < 1.29 is 4.79 Å². The Bertz CT molecular complexity index is 398. The first-order valence-corrected chi connectivity index (χ1v) is 7.23. The molecule has 1 heterocycles. The van der Waals surface area contributed by atoms with Crippen LogP contribution in [0.4, 0.5) is 0 Å². The van der Waals surface area contributed by atoms with Crippen molar-refractivity contribution in [3.05, 3.63) is 35.9 Å². The molecule has 2 atom stereocenters. The number of amides is 1. The van der Waals surface area contributed by atoms with E-state index in [-0.39, 0.29) is 5.92 Å². The first-order valence-electron chi connectivity index (χ1n) is 7.23. The van der Waals surface area contributed by atoms with Crippen molar-refractivity contribution in [3.63, 3.8) is 0 Å². The average Bonchev–Trinajstić information content (AvgIpc) is 2.98. The van der Waals surface area contributed by atoms with Crippen molar-refractivity contribution in [2.75, 3.05) is 20.1 Å². The summed E-state index contributed by atoms with van der Waals surface area (Å²) in [5.74, 6) is 0.475. The van der Waals surface area contributed by atoms with E-state index in [1.165, 1.54) is 5.56 Å². The van der Waals surface area contributed by atoms with Crippen LogP contribution in [0.5, 0.6) is 0 Å². The summed E-state index contributed by atoms with van der Waals surface area (Å²) >= 11 is 0. The molecule has 1 fully saturated rings. The van der Waals surface area contributed by atoms with Gasteiger partial charge in [-0.05, 0) is 31.4 Å². The van der Waals surface area contributed by atoms with Crippen LogP contribution in [0.15, 0.2) is 30.3 Å². The summed E-state index contributed by atoms with van der Waals surface area (Å²) in [5.41, 5.74) is 1.30. The molecule has 1 aliphatic rings. The van der Waals surface area contributed by atoms with Crippen LogP contribution in [0.2, 0.25) is 0 Å². The highest BCUT2D eigenvalue weighted by Crippen LogP contribution is 2.16. The molecule has 2 unspecified atom stereocenters. The monoisotopic (exact) mass is 260 g/mol. The van der Waals surface area contributed by atoms with Gasteiger partial charge in [0.05, 0.1) is 5.92 Å². The molecule has 0 aliphatic carbocycles. The van der Waals surface area contributed by atoms with Gasteiger partial charge in [0, 0.05) is 19.6 Å². The highest BCUT2D eigenvalue weighted by atomic mass is 16.2. The predicted molar refractivity (Wildman–Crippen MR) is 78.0 cm³/mol. The molecule has 0 spiro atoms. The van der Waals surface area contributed by atoms with Gasteiger partial charge < -0.3 is 10.2 Å². The van der Waals surface area contributed by atoms with Gasteiger partial charge in [-0.2, -0.15) is 0 Å². The first-order chi connectivity index (χ1) is 9.22. The zero-order valence-electron chi connectivity index (χ0n) is 11.9. The molecule has 0 radical (unpaired) electrons. The summed E-state index contributed by atoms with van der Waals surface area (Å²) < 4.78 is 0. The van der Waals surface area contributed by atoms with Crippen molar-refractivity contribution in [2.24, 2.45) is 5.92 Å². The fourth-order valence-corrected chi connectivity index (χ4v) is 2.77. The van der Waals surface area contributed by atoms with Gasteiger partial charge in [-0.1, -0.05) is 37.3 Å². The van der Waals surface area contributed by atoms with Crippen molar-refractivity contribution in [3.8, 4) is 0 Å². The van der Waals surface area contributed by atoms with Crippen molar-refractivity contribution in [1.82, 2.24) is 10.2 Å². The van der Waals surface area contributed by atoms with E-state index in [4.69, 9.17) is 0 Å². The summed E-state index contributed by atoms with van der Waals surface area (Å²) in [6.07, 6.45) is 2.92. The molecule has 1 aromatic rings. The molecule has 1 saturated heterocycles. The van der Waals surface area contributed by atoms with Gasteiger partial charge in [0.2, 0.25) is 5.91 Å². The second-order valence-electron chi connectivity index (χ2n) is 5.39. The van der Waals surface area contributed by atoms with Gasteiger partial charge in [0.15, 0.2) is 0 Å². The number of hydrogen-bond donors (Lipinski definition) is 1. The van der Waals surface area contributed by atoms with Crippen LogP contribution in [0, 0.1) is 5.92 Å². The summed E-state index contributed by atoms with van der Waals surface area (Å²) in [6.45, 7) is 3.97. The number of likely N-dealkylation sites (N-methyl/N-ethyl adjacent to an activating group) is 1. The standard InChI is InChI=1S/C16H24N2O/c1-3-15(11-13-7-5-4-6-8-13)18(2)16(19)14-9-10-17-12-14/h4-8,14-15,17H,3,9-12H2,1-2H3. The van der Waals surface area contributed by atoms with Crippen LogP contribution in [0.1, 0.15) is 25.3 Å². The molecular formula is C16H24N2O. The predicted octanol–water partition coefficient (Wildman–Crippen LogP) is 2.08. The van der Waals surface area contributed by atoms with Gasteiger partial charge >= 0.3 is 0 Å². The Labute approximate surface area is 116 Å². The third kappa shape index (κ3) is 3.57. The number of nitrogens with one attached hydrogen (secondary N) is 1. The van der Waals surface area contributed by atoms with Gasteiger partial charge in [-0.15, -0.1) is 0 Å². The number of rotatable bonds is 5. The van der Waals surface area contributed by atoms with Gasteiger partial charge in [-0.25, -0.2) is 0 Å². The Morgan fingerprint density at radius 2 is 2.16 bits per heavy atom. The Hall–Kier alpha value is -1.35. The summed E-state index contributed by atoms with van der Waals surface area (Å²) in [5, 5.41) is 3.27. The lowest BCUT2D eigenvalue weighted by atomic mass is 10.0. The van der Waals surface area contributed by atoms with Gasteiger partial charge in [-0.3, -0.25) is 4.79 Å². The van der Waals surface area contributed by atoms with E-state index in [1.807, 2.05) is 18.0 Å². The Kier molecular flexibility index (Phi) is 4.97.